The number of rotatable bonds is 2. The SMILES string of the molecule is CC1CN(C(=O)O)CCN1C(C)c1ccc(F)nc1. The molecule has 1 fully saturated rings. The molecule has 0 radical (unpaired) electrons. The average Bonchev–Trinajstić information content (AvgIpc) is 2.38. The number of aromatic nitrogens is 1. The highest BCUT2D eigenvalue weighted by molar-refractivity contribution is 5.65. The number of piperazine rings is 1. The minimum Gasteiger partial charge on any atom is -0.465 e. The number of pyridine rings is 1. The van der Waals surface area contributed by atoms with Gasteiger partial charge in [0.25, 0.3) is 0 Å². The van der Waals surface area contributed by atoms with E-state index in [9.17, 15) is 9.18 Å². The first-order valence-electron chi connectivity index (χ1n) is 6.34. The lowest BCUT2D eigenvalue weighted by Crippen LogP contribution is -2.53. The average molecular weight is 267 g/mol. The van der Waals surface area contributed by atoms with E-state index in [2.05, 4.69) is 9.88 Å². The van der Waals surface area contributed by atoms with Crippen molar-refractivity contribution in [2.24, 2.45) is 0 Å². The maximum Gasteiger partial charge on any atom is 0.407 e. The van der Waals surface area contributed by atoms with Crippen molar-refractivity contribution in [3.8, 4) is 0 Å². The van der Waals surface area contributed by atoms with Crippen molar-refractivity contribution in [3.63, 3.8) is 0 Å². The first kappa shape index (κ1) is 13.7. The summed E-state index contributed by atoms with van der Waals surface area (Å²) in [6, 6.07) is 3.30. The fourth-order valence-corrected chi connectivity index (χ4v) is 2.55. The third-order valence-electron chi connectivity index (χ3n) is 3.68. The van der Waals surface area contributed by atoms with Gasteiger partial charge in [0.15, 0.2) is 0 Å². The van der Waals surface area contributed by atoms with Crippen LogP contribution in [-0.2, 0) is 0 Å². The second kappa shape index (κ2) is 5.52. The van der Waals surface area contributed by atoms with E-state index < -0.39 is 12.0 Å². The zero-order chi connectivity index (χ0) is 14.0. The van der Waals surface area contributed by atoms with Crippen molar-refractivity contribution in [3.05, 3.63) is 29.8 Å². The summed E-state index contributed by atoms with van der Waals surface area (Å²) in [6.07, 6.45) is 0.665. The zero-order valence-electron chi connectivity index (χ0n) is 11.1. The molecule has 2 rings (SSSR count). The van der Waals surface area contributed by atoms with Crippen molar-refractivity contribution in [2.75, 3.05) is 19.6 Å². The summed E-state index contributed by atoms with van der Waals surface area (Å²) in [5.74, 6) is -0.486. The lowest BCUT2D eigenvalue weighted by molar-refractivity contribution is 0.0529. The van der Waals surface area contributed by atoms with Gasteiger partial charge in [0.1, 0.15) is 0 Å². The maximum absolute atomic E-state index is 12.8. The van der Waals surface area contributed by atoms with Gasteiger partial charge in [-0.05, 0) is 25.5 Å². The Morgan fingerprint density at radius 2 is 2.26 bits per heavy atom. The molecular weight excluding hydrogens is 249 g/mol. The van der Waals surface area contributed by atoms with Gasteiger partial charge in [-0.25, -0.2) is 9.78 Å². The predicted octanol–water partition coefficient (Wildman–Crippen LogP) is 1.97. The molecule has 2 heterocycles. The lowest BCUT2D eigenvalue weighted by atomic mass is 10.1. The van der Waals surface area contributed by atoms with Gasteiger partial charge < -0.3 is 10.0 Å². The fourth-order valence-electron chi connectivity index (χ4n) is 2.55. The molecule has 104 valence electrons. The molecule has 1 amide bonds. The molecule has 2 unspecified atom stereocenters. The molecule has 19 heavy (non-hydrogen) atoms. The van der Waals surface area contributed by atoms with Gasteiger partial charge in [0.05, 0.1) is 0 Å². The van der Waals surface area contributed by atoms with Crippen LogP contribution in [0.4, 0.5) is 9.18 Å². The smallest absolute Gasteiger partial charge is 0.407 e. The van der Waals surface area contributed by atoms with Crippen molar-refractivity contribution in [1.29, 1.82) is 0 Å². The van der Waals surface area contributed by atoms with Crippen LogP contribution >= 0.6 is 0 Å². The van der Waals surface area contributed by atoms with E-state index in [0.717, 1.165) is 5.56 Å². The third-order valence-corrected chi connectivity index (χ3v) is 3.68. The highest BCUT2D eigenvalue weighted by atomic mass is 19.1. The van der Waals surface area contributed by atoms with Crippen LogP contribution in [0.5, 0.6) is 0 Å². The monoisotopic (exact) mass is 267 g/mol. The Balaban J connectivity index is 2.06. The molecule has 1 N–H and O–H groups in total. The van der Waals surface area contributed by atoms with E-state index in [4.69, 9.17) is 5.11 Å². The van der Waals surface area contributed by atoms with Gasteiger partial charge in [-0.2, -0.15) is 4.39 Å². The molecule has 1 aliphatic rings. The van der Waals surface area contributed by atoms with Crippen LogP contribution < -0.4 is 0 Å². The number of halogens is 1. The number of carboxylic acid groups (broad SMARTS) is 1. The quantitative estimate of drug-likeness (QED) is 0.832. The Morgan fingerprint density at radius 1 is 1.53 bits per heavy atom. The number of hydrogen-bond donors (Lipinski definition) is 1. The van der Waals surface area contributed by atoms with Gasteiger partial charge in [-0.3, -0.25) is 4.90 Å². The van der Waals surface area contributed by atoms with E-state index in [0.29, 0.717) is 19.6 Å². The topological polar surface area (TPSA) is 56.7 Å². The van der Waals surface area contributed by atoms with Crippen LogP contribution in [-0.4, -0.2) is 51.7 Å². The minimum atomic E-state index is -0.873. The van der Waals surface area contributed by atoms with E-state index in [1.165, 1.54) is 17.2 Å². The third kappa shape index (κ3) is 3.01. The summed E-state index contributed by atoms with van der Waals surface area (Å²) >= 11 is 0. The van der Waals surface area contributed by atoms with Crippen LogP contribution in [0, 0.1) is 5.95 Å². The molecule has 1 aromatic heterocycles. The summed E-state index contributed by atoms with van der Waals surface area (Å²) in [5, 5.41) is 8.98. The van der Waals surface area contributed by atoms with E-state index in [-0.39, 0.29) is 12.1 Å². The normalized spacial score (nSPS) is 22.3. The summed E-state index contributed by atoms with van der Waals surface area (Å²) in [7, 11) is 0. The summed E-state index contributed by atoms with van der Waals surface area (Å²) in [4.78, 5) is 18.2. The van der Waals surface area contributed by atoms with E-state index >= 15 is 0 Å². The molecule has 0 aliphatic carbocycles. The number of hydrogen-bond acceptors (Lipinski definition) is 3. The Morgan fingerprint density at radius 3 is 2.79 bits per heavy atom. The minimum absolute atomic E-state index is 0.0963. The van der Waals surface area contributed by atoms with Gasteiger partial charge in [0.2, 0.25) is 5.95 Å². The number of carbonyl (C=O) groups is 1. The largest absolute Gasteiger partial charge is 0.465 e. The predicted molar refractivity (Wildman–Crippen MR) is 68.4 cm³/mol. The van der Waals surface area contributed by atoms with Gasteiger partial charge in [-0.1, -0.05) is 6.07 Å². The second-order valence-corrected chi connectivity index (χ2v) is 4.91. The zero-order valence-corrected chi connectivity index (χ0v) is 11.1. The molecular formula is C13H18FN3O2. The van der Waals surface area contributed by atoms with E-state index in [1.54, 1.807) is 6.07 Å². The first-order valence-corrected chi connectivity index (χ1v) is 6.34. The summed E-state index contributed by atoms with van der Waals surface area (Å²) in [5.41, 5.74) is 0.942. The molecule has 0 bridgehead atoms. The van der Waals surface area contributed by atoms with Crippen LogP contribution in [0.15, 0.2) is 18.3 Å². The van der Waals surface area contributed by atoms with Gasteiger partial charge >= 0.3 is 6.09 Å². The molecule has 0 spiro atoms. The number of nitrogens with zero attached hydrogens (tertiary/aromatic N) is 3. The fraction of sp³-hybridized carbons (Fsp3) is 0.538. The molecule has 1 aromatic rings. The van der Waals surface area contributed by atoms with Crippen LogP contribution in [0.25, 0.3) is 0 Å². The standard InChI is InChI=1S/C13H18FN3O2/c1-9-8-16(13(18)19)5-6-17(9)10(2)11-3-4-12(14)15-7-11/h3-4,7,9-10H,5-6,8H2,1-2H3,(H,18,19). The van der Waals surface area contributed by atoms with Crippen molar-refractivity contribution in [1.82, 2.24) is 14.8 Å². The Bertz CT molecular complexity index is 452. The van der Waals surface area contributed by atoms with E-state index in [1.807, 2.05) is 13.8 Å². The maximum atomic E-state index is 12.8. The highest BCUT2D eigenvalue weighted by Gasteiger charge is 2.29. The first-order chi connectivity index (χ1) is 8.99. The van der Waals surface area contributed by atoms with Gasteiger partial charge in [0, 0.05) is 37.9 Å². The Hall–Kier alpha value is -1.69. The summed E-state index contributed by atoms with van der Waals surface area (Å²) in [6.45, 7) is 5.70. The highest BCUT2D eigenvalue weighted by Crippen LogP contribution is 2.24. The van der Waals surface area contributed by atoms with Crippen LogP contribution in [0.1, 0.15) is 25.5 Å². The molecule has 6 heteroatoms. The summed E-state index contributed by atoms with van der Waals surface area (Å²) < 4.78 is 12.8. The lowest BCUT2D eigenvalue weighted by Gasteiger charge is -2.42. The molecule has 0 aromatic carbocycles. The molecule has 1 aliphatic heterocycles. The molecule has 0 saturated carbocycles. The van der Waals surface area contributed by atoms with Crippen molar-refractivity contribution < 1.29 is 14.3 Å². The van der Waals surface area contributed by atoms with Crippen LogP contribution in [0.2, 0.25) is 0 Å². The van der Waals surface area contributed by atoms with Crippen molar-refractivity contribution >= 4 is 6.09 Å². The Labute approximate surface area is 111 Å². The molecule has 2 atom stereocenters. The van der Waals surface area contributed by atoms with Crippen LogP contribution in [0.3, 0.4) is 0 Å². The molecule has 5 nitrogen and oxygen atoms in total. The van der Waals surface area contributed by atoms with Crippen molar-refractivity contribution in [2.45, 2.75) is 25.9 Å². The Kier molecular flexibility index (Phi) is 3.99. The second-order valence-electron chi connectivity index (χ2n) is 4.91. The number of amides is 1. The molecule has 1 saturated heterocycles. The van der Waals surface area contributed by atoms with Gasteiger partial charge in [-0.15, -0.1) is 0 Å².